The SMILES string of the molecule is CCN(CC)S(=O)(=O)c1ccc(N(C)C)c(NC(=O)CCCSc2ccccc2)c1. The van der Waals surface area contributed by atoms with Crippen molar-refractivity contribution in [3.8, 4) is 0 Å². The third-order valence-electron chi connectivity index (χ3n) is 4.63. The molecule has 1 N–H and O–H groups in total. The largest absolute Gasteiger partial charge is 0.376 e. The molecule has 0 aliphatic rings. The van der Waals surface area contributed by atoms with Gasteiger partial charge in [-0.2, -0.15) is 4.31 Å². The molecular formula is C22H31N3O3S2. The fourth-order valence-corrected chi connectivity index (χ4v) is 5.39. The maximum Gasteiger partial charge on any atom is 0.243 e. The Kier molecular flexibility index (Phi) is 9.20. The van der Waals surface area contributed by atoms with Crippen LogP contribution < -0.4 is 10.2 Å². The van der Waals surface area contributed by atoms with E-state index in [-0.39, 0.29) is 10.8 Å². The first-order chi connectivity index (χ1) is 14.3. The van der Waals surface area contributed by atoms with Gasteiger partial charge in [-0.15, -0.1) is 11.8 Å². The summed E-state index contributed by atoms with van der Waals surface area (Å²) in [5.74, 6) is 0.720. The van der Waals surface area contributed by atoms with Gasteiger partial charge in [0.1, 0.15) is 0 Å². The Morgan fingerprint density at radius 2 is 1.70 bits per heavy atom. The number of benzene rings is 2. The van der Waals surface area contributed by atoms with Crippen LogP contribution in [0.4, 0.5) is 11.4 Å². The van der Waals surface area contributed by atoms with Gasteiger partial charge in [-0.1, -0.05) is 32.0 Å². The number of carbonyl (C=O) groups is 1. The summed E-state index contributed by atoms with van der Waals surface area (Å²) < 4.78 is 27.1. The number of carbonyl (C=O) groups excluding carboxylic acids is 1. The van der Waals surface area contributed by atoms with E-state index in [1.165, 1.54) is 9.20 Å². The molecule has 0 fully saturated rings. The fourth-order valence-electron chi connectivity index (χ4n) is 3.03. The van der Waals surface area contributed by atoms with Crippen LogP contribution in [0.3, 0.4) is 0 Å². The van der Waals surface area contributed by atoms with Crippen molar-refractivity contribution in [3.05, 3.63) is 48.5 Å². The van der Waals surface area contributed by atoms with Crippen molar-refractivity contribution in [2.45, 2.75) is 36.5 Å². The van der Waals surface area contributed by atoms with Gasteiger partial charge in [-0.05, 0) is 42.5 Å². The van der Waals surface area contributed by atoms with Crippen LogP contribution in [0.25, 0.3) is 0 Å². The molecule has 30 heavy (non-hydrogen) atoms. The summed E-state index contributed by atoms with van der Waals surface area (Å²) in [5.41, 5.74) is 1.27. The van der Waals surface area contributed by atoms with Gasteiger partial charge in [-0.25, -0.2) is 8.42 Å². The van der Waals surface area contributed by atoms with Crippen LogP contribution in [0.15, 0.2) is 58.3 Å². The normalized spacial score (nSPS) is 11.5. The molecular weight excluding hydrogens is 418 g/mol. The van der Waals surface area contributed by atoms with E-state index in [4.69, 9.17) is 0 Å². The molecule has 0 radical (unpaired) electrons. The summed E-state index contributed by atoms with van der Waals surface area (Å²) in [7, 11) is 0.129. The molecule has 0 unspecified atom stereocenters. The second-order valence-corrected chi connectivity index (χ2v) is 10.1. The quantitative estimate of drug-likeness (QED) is 0.409. The number of anilines is 2. The van der Waals surface area contributed by atoms with Crippen molar-refractivity contribution in [2.24, 2.45) is 0 Å². The molecule has 0 bridgehead atoms. The van der Waals surface area contributed by atoms with Gasteiger partial charge in [-0.3, -0.25) is 4.79 Å². The highest BCUT2D eigenvalue weighted by Gasteiger charge is 2.23. The first-order valence-corrected chi connectivity index (χ1v) is 12.5. The van der Waals surface area contributed by atoms with E-state index in [0.717, 1.165) is 17.9 Å². The molecule has 164 valence electrons. The number of hydrogen-bond acceptors (Lipinski definition) is 5. The Morgan fingerprint density at radius 1 is 1.03 bits per heavy atom. The lowest BCUT2D eigenvalue weighted by Crippen LogP contribution is -2.30. The van der Waals surface area contributed by atoms with Crippen LogP contribution in [0.1, 0.15) is 26.7 Å². The summed E-state index contributed by atoms with van der Waals surface area (Å²) in [4.78, 5) is 15.7. The van der Waals surface area contributed by atoms with Gasteiger partial charge in [0, 0.05) is 38.5 Å². The zero-order chi connectivity index (χ0) is 22.1. The minimum absolute atomic E-state index is 0.121. The van der Waals surface area contributed by atoms with Crippen molar-refractivity contribution in [3.63, 3.8) is 0 Å². The summed E-state index contributed by atoms with van der Waals surface area (Å²) in [6, 6.07) is 15.0. The lowest BCUT2D eigenvalue weighted by Gasteiger charge is -2.22. The number of nitrogens with one attached hydrogen (secondary N) is 1. The summed E-state index contributed by atoms with van der Waals surface area (Å²) in [5, 5.41) is 2.91. The zero-order valence-electron chi connectivity index (χ0n) is 18.1. The molecule has 0 heterocycles. The van der Waals surface area contributed by atoms with E-state index < -0.39 is 10.0 Å². The molecule has 0 atom stereocenters. The Balaban J connectivity index is 2.07. The van der Waals surface area contributed by atoms with Gasteiger partial charge in [0.05, 0.1) is 16.3 Å². The zero-order valence-corrected chi connectivity index (χ0v) is 19.7. The van der Waals surface area contributed by atoms with Gasteiger partial charge in [0.15, 0.2) is 0 Å². The number of sulfonamides is 1. The predicted molar refractivity (Wildman–Crippen MR) is 126 cm³/mol. The van der Waals surface area contributed by atoms with Crippen molar-refractivity contribution in [1.29, 1.82) is 0 Å². The van der Waals surface area contributed by atoms with E-state index in [0.29, 0.717) is 25.2 Å². The predicted octanol–water partition coefficient (Wildman–Crippen LogP) is 4.29. The monoisotopic (exact) mass is 449 g/mol. The molecule has 0 aliphatic heterocycles. The maximum absolute atomic E-state index is 12.9. The second kappa shape index (κ2) is 11.4. The van der Waals surface area contributed by atoms with Crippen molar-refractivity contribution in [2.75, 3.05) is 43.2 Å². The van der Waals surface area contributed by atoms with Crippen molar-refractivity contribution in [1.82, 2.24) is 4.31 Å². The number of nitrogens with zero attached hydrogens (tertiary/aromatic N) is 2. The lowest BCUT2D eigenvalue weighted by atomic mass is 10.2. The second-order valence-electron chi connectivity index (χ2n) is 6.98. The van der Waals surface area contributed by atoms with E-state index >= 15 is 0 Å². The van der Waals surface area contributed by atoms with Crippen LogP contribution in [-0.4, -0.2) is 51.6 Å². The smallest absolute Gasteiger partial charge is 0.243 e. The van der Waals surface area contributed by atoms with Crippen LogP contribution >= 0.6 is 11.8 Å². The number of amides is 1. The molecule has 2 aromatic carbocycles. The Morgan fingerprint density at radius 3 is 2.30 bits per heavy atom. The molecule has 0 saturated heterocycles. The van der Waals surface area contributed by atoms with E-state index in [9.17, 15) is 13.2 Å². The number of thioether (sulfide) groups is 1. The molecule has 2 aromatic rings. The topological polar surface area (TPSA) is 69.7 Å². The molecule has 6 nitrogen and oxygen atoms in total. The van der Waals surface area contributed by atoms with Crippen LogP contribution in [0, 0.1) is 0 Å². The number of rotatable bonds is 11. The lowest BCUT2D eigenvalue weighted by molar-refractivity contribution is -0.116. The van der Waals surface area contributed by atoms with Crippen LogP contribution in [0.5, 0.6) is 0 Å². The third-order valence-corrected chi connectivity index (χ3v) is 7.77. The average Bonchev–Trinajstić information content (AvgIpc) is 2.72. The Hall–Kier alpha value is -2.03. The highest BCUT2D eigenvalue weighted by atomic mass is 32.2. The maximum atomic E-state index is 12.9. The van der Waals surface area contributed by atoms with Gasteiger partial charge in [0.2, 0.25) is 15.9 Å². The van der Waals surface area contributed by atoms with Gasteiger partial charge < -0.3 is 10.2 Å². The Bertz CT molecular complexity index is 928. The first kappa shape index (κ1) is 24.2. The molecule has 0 aromatic heterocycles. The summed E-state index contributed by atoms with van der Waals surface area (Å²) >= 11 is 1.72. The van der Waals surface area contributed by atoms with Gasteiger partial charge in [0.25, 0.3) is 0 Å². The minimum Gasteiger partial charge on any atom is -0.376 e. The molecule has 0 aliphatic carbocycles. The minimum atomic E-state index is -3.59. The van der Waals surface area contributed by atoms with Crippen molar-refractivity contribution >= 4 is 39.1 Å². The molecule has 0 saturated carbocycles. The number of hydrogen-bond donors (Lipinski definition) is 1. The van der Waals surface area contributed by atoms with Gasteiger partial charge >= 0.3 is 0 Å². The van der Waals surface area contributed by atoms with Crippen molar-refractivity contribution < 1.29 is 13.2 Å². The molecule has 2 rings (SSSR count). The molecule has 1 amide bonds. The van der Waals surface area contributed by atoms with E-state index in [2.05, 4.69) is 17.4 Å². The highest BCUT2D eigenvalue weighted by molar-refractivity contribution is 7.99. The summed E-state index contributed by atoms with van der Waals surface area (Å²) in [6.07, 6.45) is 1.11. The molecule has 8 heteroatoms. The third kappa shape index (κ3) is 6.48. The molecule has 0 spiro atoms. The van der Waals surface area contributed by atoms with E-state index in [1.807, 2.05) is 51.0 Å². The Labute approximate surface area is 184 Å². The average molecular weight is 450 g/mol. The standard InChI is InChI=1S/C22H31N3O3S2/c1-5-25(6-2)30(27,28)19-14-15-21(24(3)4)20(17-19)23-22(26)13-10-16-29-18-11-8-7-9-12-18/h7-9,11-12,14-15,17H,5-6,10,13,16H2,1-4H3,(H,23,26). The van der Waals surface area contributed by atoms with Crippen LogP contribution in [-0.2, 0) is 14.8 Å². The first-order valence-electron chi connectivity index (χ1n) is 10.1. The van der Waals surface area contributed by atoms with E-state index in [1.54, 1.807) is 30.0 Å². The fraction of sp³-hybridized carbons (Fsp3) is 0.409. The van der Waals surface area contributed by atoms with Crippen LogP contribution in [0.2, 0.25) is 0 Å². The highest BCUT2D eigenvalue weighted by Crippen LogP contribution is 2.29. The summed E-state index contributed by atoms with van der Waals surface area (Å²) in [6.45, 7) is 4.42.